The van der Waals surface area contributed by atoms with Crippen molar-refractivity contribution in [2.45, 2.75) is 115 Å². The van der Waals surface area contributed by atoms with Gasteiger partial charge in [-0.25, -0.2) is 12.7 Å². The number of carbonyl (C=O) groups is 3. The number of hydrogen-bond donors (Lipinski definition) is 0. The summed E-state index contributed by atoms with van der Waals surface area (Å²) in [5, 5.41) is 13.8. The molecule has 4 fully saturated rings. The van der Waals surface area contributed by atoms with Crippen LogP contribution in [0.3, 0.4) is 0 Å². The molecule has 0 radical (unpaired) electrons. The lowest BCUT2D eigenvalue weighted by Crippen LogP contribution is -2.63. The topological polar surface area (TPSA) is 150 Å². The third-order valence-electron chi connectivity index (χ3n) is 15.6. The Bertz CT molecular complexity index is 2090. The number of rotatable bonds is 11. The molecule has 0 aromatic heterocycles. The Morgan fingerprint density at radius 2 is 1.64 bits per heavy atom. The molecule has 294 valence electrons. The number of amides is 1. The lowest BCUT2D eigenvalue weighted by atomic mass is 9.56. The molecule has 13 heteroatoms. The van der Waals surface area contributed by atoms with Crippen LogP contribution in [0.4, 0.5) is 0 Å². The summed E-state index contributed by atoms with van der Waals surface area (Å²) in [6.07, 6.45) is 1.10. The molecule has 8 atom stereocenters. The van der Waals surface area contributed by atoms with Crippen molar-refractivity contribution in [3.63, 3.8) is 0 Å². The third kappa shape index (κ3) is 5.24. The highest BCUT2D eigenvalue weighted by Gasteiger charge is 2.76. The van der Waals surface area contributed by atoms with Crippen LogP contribution >= 0.6 is 0 Å². The molecule has 1 aliphatic heterocycles. The molecule has 1 heterocycles. The highest BCUT2D eigenvalue weighted by molar-refractivity contribution is 7.90. The molecule has 2 unspecified atom stereocenters. The first-order chi connectivity index (χ1) is 26.1. The van der Waals surface area contributed by atoms with E-state index in [1.54, 1.807) is 24.3 Å². The largest absolute Gasteiger partial charge is 0.409 e. The molecular formula is C42H52N2O9SSi. The van der Waals surface area contributed by atoms with Crippen LogP contribution in [0, 0.1) is 38.7 Å². The summed E-state index contributed by atoms with van der Waals surface area (Å²) in [5.74, 6) is -5.72. The Morgan fingerprint density at radius 1 is 0.964 bits per heavy atom. The zero-order chi connectivity index (χ0) is 39.3. The highest BCUT2D eigenvalue weighted by atomic mass is 32.2. The Kier molecular flexibility index (Phi) is 9.26. The van der Waals surface area contributed by atoms with Crippen molar-refractivity contribution < 1.29 is 36.9 Å². The van der Waals surface area contributed by atoms with Gasteiger partial charge in [0.05, 0.1) is 48.9 Å². The molecule has 3 saturated carbocycles. The highest BCUT2D eigenvalue weighted by Crippen LogP contribution is 2.70. The van der Waals surface area contributed by atoms with Crippen molar-refractivity contribution in [1.82, 2.24) is 4.31 Å². The predicted octanol–water partition coefficient (Wildman–Crippen LogP) is 6.86. The van der Waals surface area contributed by atoms with Crippen LogP contribution in [0.5, 0.6) is 0 Å². The van der Waals surface area contributed by atoms with Gasteiger partial charge in [-0.05, 0) is 83.8 Å². The van der Waals surface area contributed by atoms with Gasteiger partial charge in [0.15, 0.2) is 8.32 Å². The number of ether oxygens (including phenoxy) is 1. The Hall–Kier alpha value is -3.52. The minimum Gasteiger partial charge on any atom is -0.409 e. The van der Waals surface area contributed by atoms with E-state index in [0.717, 1.165) is 22.7 Å². The van der Waals surface area contributed by atoms with Gasteiger partial charge < -0.3 is 9.16 Å². The lowest BCUT2D eigenvalue weighted by molar-refractivity contribution is -0.565. The monoisotopic (exact) mass is 788 g/mol. The Balaban J connectivity index is 1.31. The van der Waals surface area contributed by atoms with Crippen LogP contribution in [0.2, 0.25) is 18.1 Å². The lowest BCUT2D eigenvalue weighted by Gasteiger charge is -2.45. The Morgan fingerprint density at radius 3 is 2.29 bits per heavy atom. The molecule has 8 rings (SSSR count). The molecule has 6 aliphatic rings. The van der Waals surface area contributed by atoms with Crippen molar-refractivity contribution in [1.29, 1.82) is 0 Å². The van der Waals surface area contributed by atoms with E-state index in [1.165, 1.54) is 0 Å². The van der Waals surface area contributed by atoms with Gasteiger partial charge in [0.25, 0.3) is 5.78 Å². The van der Waals surface area contributed by atoms with Gasteiger partial charge in [0, 0.05) is 15.9 Å². The van der Waals surface area contributed by atoms with Crippen molar-refractivity contribution in [3.8, 4) is 0 Å². The standard InChI is InChI=1S/C42H52N2O9SSi/c1-6-55(7-2,8-3)53-37-31(39(47)43-34-21-28-18-19-41(34,40(28,4)5)25-54(43,50)51)22-33-35(37)27(24-52-23-26-14-10-9-11-15-26)20-32-29-16-12-13-17-30(29)36(45)38(46)42(32,33)44(48)49/h9-17,28,31-34,37H,6-8,18-25H2,1-5H3/t28?,31-,32-,33-,34?,37-,41-,42-/m1/s1. The molecule has 1 saturated heterocycles. The number of nitrogens with zero attached hydrogens (tertiary/aromatic N) is 2. The summed E-state index contributed by atoms with van der Waals surface area (Å²) >= 11 is 0. The third-order valence-corrected chi connectivity index (χ3v) is 22.1. The predicted molar refractivity (Wildman–Crippen MR) is 208 cm³/mol. The van der Waals surface area contributed by atoms with Crippen molar-refractivity contribution in [3.05, 3.63) is 92.5 Å². The number of hydrogen-bond acceptors (Lipinski definition) is 9. The molecule has 2 aromatic rings. The molecule has 5 aliphatic carbocycles. The number of carbonyl (C=O) groups excluding carboxylic acids is 3. The normalized spacial score (nSPS) is 34.0. The first kappa shape index (κ1) is 38.4. The van der Waals surface area contributed by atoms with Gasteiger partial charge >= 0.3 is 5.54 Å². The molecule has 2 aromatic carbocycles. The Labute approximate surface area is 324 Å². The van der Waals surface area contributed by atoms with Gasteiger partial charge in [0.1, 0.15) is 0 Å². The maximum atomic E-state index is 15.4. The SMILES string of the molecule is CC[Si](CC)(CC)O[C@H]1C2=C(COCc3ccccc3)C[C@@H]3c4ccccc4C(=O)C(=O)[C@]3([N+](=O)[O-])[C@@H]2C[C@H]1C(=O)N1C2CC3CC[C@]2(CS1(=O)=O)C3(C)C. The van der Waals surface area contributed by atoms with Crippen LogP contribution in [0.25, 0.3) is 0 Å². The number of sulfonamides is 1. The van der Waals surface area contributed by atoms with E-state index in [4.69, 9.17) is 9.16 Å². The summed E-state index contributed by atoms with van der Waals surface area (Å²) in [6.45, 7) is 10.8. The number of fused-ring (bicyclic) bond motifs is 6. The first-order valence-electron chi connectivity index (χ1n) is 20.0. The second kappa shape index (κ2) is 13.3. The van der Waals surface area contributed by atoms with Gasteiger partial charge in [0.2, 0.25) is 21.7 Å². The summed E-state index contributed by atoms with van der Waals surface area (Å²) < 4.78 is 43.5. The van der Waals surface area contributed by atoms with E-state index in [0.29, 0.717) is 41.3 Å². The fourth-order valence-electron chi connectivity index (χ4n) is 12.3. The summed E-state index contributed by atoms with van der Waals surface area (Å²) in [7, 11) is -6.64. The summed E-state index contributed by atoms with van der Waals surface area (Å²) in [4.78, 5) is 57.1. The zero-order valence-electron chi connectivity index (χ0n) is 32.4. The van der Waals surface area contributed by atoms with Crippen molar-refractivity contribution in [2.75, 3.05) is 12.4 Å². The van der Waals surface area contributed by atoms with Crippen LogP contribution in [-0.4, -0.2) is 73.5 Å². The molecule has 1 amide bonds. The van der Waals surface area contributed by atoms with Crippen LogP contribution in [0.1, 0.15) is 94.1 Å². The van der Waals surface area contributed by atoms with E-state index in [9.17, 15) is 28.1 Å². The number of ketones is 2. The molecule has 11 nitrogen and oxygen atoms in total. The minimum atomic E-state index is -4.04. The average molecular weight is 789 g/mol. The quantitative estimate of drug-likeness (QED) is 0.0782. The average Bonchev–Trinajstić information content (AvgIpc) is 3.81. The summed E-state index contributed by atoms with van der Waals surface area (Å²) in [6, 6.07) is 17.9. The second-order valence-electron chi connectivity index (χ2n) is 17.6. The maximum Gasteiger partial charge on any atom is 0.300 e. The van der Waals surface area contributed by atoms with Crippen LogP contribution < -0.4 is 0 Å². The van der Waals surface area contributed by atoms with E-state index in [-0.39, 0.29) is 48.7 Å². The molecule has 1 spiro atoms. The van der Waals surface area contributed by atoms with Gasteiger partial charge in [-0.15, -0.1) is 0 Å². The second-order valence-corrected chi connectivity index (χ2v) is 24.1. The molecule has 2 bridgehead atoms. The van der Waals surface area contributed by atoms with Gasteiger partial charge in [-0.3, -0.25) is 24.5 Å². The molecular weight excluding hydrogens is 737 g/mol. The first-order valence-corrected chi connectivity index (χ1v) is 24.2. The number of nitro groups is 1. The van der Waals surface area contributed by atoms with Gasteiger partial charge in [-0.1, -0.05) is 89.2 Å². The fourth-order valence-corrected chi connectivity index (χ4v) is 17.7. The van der Waals surface area contributed by atoms with E-state index < -0.39 is 81.6 Å². The zero-order valence-corrected chi connectivity index (χ0v) is 34.2. The fraction of sp³-hybridized carbons (Fsp3) is 0.595. The minimum absolute atomic E-state index is 0.0565. The van der Waals surface area contributed by atoms with Gasteiger partial charge in [-0.2, -0.15) is 0 Å². The van der Waals surface area contributed by atoms with Crippen LogP contribution in [0.15, 0.2) is 65.7 Å². The molecule has 0 N–H and O–H groups in total. The van der Waals surface area contributed by atoms with E-state index in [2.05, 4.69) is 34.6 Å². The number of benzene rings is 2. The number of Topliss-reactive ketones (excluding diaryl/α,β-unsaturated/α-hetero) is 2. The summed E-state index contributed by atoms with van der Waals surface area (Å²) in [5.41, 5.74) is -0.514. The maximum absolute atomic E-state index is 15.4. The van der Waals surface area contributed by atoms with Crippen molar-refractivity contribution >= 4 is 35.8 Å². The van der Waals surface area contributed by atoms with E-state index in [1.807, 2.05) is 30.3 Å². The van der Waals surface area contributed by atoms with E-state index >= 15 is 4.79 Å². The van der Waals surface area contributed by atoms with Crippen LogP contribution in [-0.2, 0) is 35.4 Å². The molecule has 55 heavy (non-hydrogen) atoms. The smallest absolute Gasteiger partial charge is 0.300 e. The van der Waals surface area contributed by atoms with Crippen molar-refractivity contribution in [2.24, 2.45) is 28.6 Å².